The monoisotopic (exact) mass is 384 g/mol. The minimum atomic E-state index is -0.708. The zero-order valence-corrected chi connectivity index (χ0v) is 15.7. The highest BCUT2D eigenvalue weighted by molar-refractivity contribution is 5.87. The molecule has 146 valence electrons. The van der Waals surface area contributed by atoms with Crippen LogP contribution in [-0.2, 0) is 19.1 Å². The molecule has 0 radical (unpaired) electrons. The van der Waals surface area contributed by atoms with E-state index in [4.69, 9.17) is 14.2 Å². The van der Waals surface area contributed by atoms with Crippen LogP contribution in [0.5, 0.6) is 17.2 Å². The first-order valence-corrected chi connectivity index (χ1v) is 8.49. The SMILES string of the molecule is COC(=O)/C=C/c1ccc2c(c1)[C@H](C(=O)OC)[C@H](c1ccc(O)c(OC)c1)O2. The lowest BCUT2D eigenvalue weighted by molar-refractivity contribution is -0.144. The van der Waals surface area contributed by atoms with Crippen LogP contribution in [0.2, 0.25) is 0 Å². The third kappa shape index (κ3) is 3.64. The highest BCUT2D eigenvalue weighted by Gasteiger charge is 2.41. The number of ether oxygens (including phenoxy) is 4. The summed E-state index contributed by atoms with van der Waals surface area (Å²) in [6.07, 6.45) is 2.25. The lowest BCUT2D eigenvalue weighted by atomic mass is 9.90. The highest BCUT2D eigenvalue weighted by Crippen LogP contribution is 2.48. The predicted octanol–water partition coefficient (Wildman–Crippen LogP) is 2.98. The molecule has 2 aromatic rings. The van der Waals surface area contributed by atoms with Gasteiger partial charge in [0.05, 0.1) is 21.3 Å². The smallest absolute Gasteiger partial charge is 0.330 e. The second kappa shape index (κ2) is 8.04. The Bertz CT molecular complexity index is 932. The molecule has 0 bridgehead atoms. The number of carbonyl (C=O) groups excluding carboxylic acids is 2. The summed E-state index contributed by atoms with van der Waals surface area (Å²) in [6, 6.07) is 10.1. The van der Waals surface area contributed by atoms with Crippen LogP contribution in [0, 0.1) is 0 Å². The number of fused-ring (bicyclic) bond motifs is 1. The van der Waals surface area contributed by atoms with E-state index in [1.807, 2.05) is 0 Å². The lowest BCUT2D eigenvalue weighted by Crippen LogP contribution is -2.20. The number of rotatable bonds is 5. The van der Waals surface area contributed by atoms with Crippen molar-refractivity contribution >= 4 is 18.0 Å². The van der Waals surface area contributed by atoms with Crippen molar-refractivity contribution in [1.82, 2.24) is 0 Å². The molecule has 0 saturated heterocycles. The number of benzene rings is 2. The molecule has 1 aliphatic heterocycles. The van der Waals surface area contributed by atoms with Crippen molar-refractivity contribution in [2.24, 2.45) is 0 Å². The molecule has 3 rings (SSSR count). The number of esters is 2. The Hall–Kier alpha value is -3.48. The Morgan fingerprint density at radius 3 is 2.54 bits per heavy atom. The molecular weight excluding hydrogens is 364 g/mol. The zero-order valence-electron chi connectivity index (χ0n) is 15.7. The van der Waals surface area contributed by atoms with Gasteiger partial charge in [0, 0.05) is 11.6 Å². The third-order valence-electron chi connectivity index (χ3n) is 4.53. The predicted molar refractivity (Wildman–Crippen MR) is 100 cm³/mol. The molecular formula is C21H20O7. The van der Waals surface area contributed by atoms with Crippen molar-refractivity contribution in [3.8, 4) is 17.2 Å². The van der Waals surface area contributed by atoms with Gasteiger partial charge in [0.1, 0.15) is 17.8 Å². The van der Waals surface area contributed by atoms with E-state index in [2.05, 4.69) is 4.74 Å². The van der Waals surface area contributed by atoms with Gasteiger partial charge in [0.25, 0.3) is 0 Å². The van der Waals surface area contributed by atoms with Crippen LogP contribution in [0.15, 0.2) is 42.5 Å². The fourth-order valence-electron chi connectivity index (χ4n) is 3.13. The first-order chi connectivity index (χ1) is 13.5. The van der Waals surface area contributed by atoms with Gasteiger partial charge in [0.15, 0.2) is 11.5 Å². The van der Waals surface area contributed by atoms with E-state index in [0.29, 0.717) is 22.4 Å². The maximum Gasteiger partial charge on any atom is 0.330 e. The number of methoxy groups -OCH3 is 3. The van der Waals surface area contributed by atoms with Crippen molar-refractivity contribution in [3.63, 3.8) is 0 Å². The minimum absolute atomic E-state index is 0.00777. The highest BCUT2D eigenvalue weighted by atomic mass is 16.5. The molecule has 7 nitrogen and oxygen atoms in total. The van der Waals surface area contributed by atoms with E-state index in [0.717, 1.165) is 0 Å². The molecule has 28 heavy (non-hydrogen) atoms. The number of carbonyl (C=O) groups is 2. The van der Waals surface area contributed by atoms with Crippen LogP contribution in [0.1, 0.15) is 28.7 Å². The molecule has 0 aromatic heterocycles. The van der Waals surface area contributed by atoms with Gasteiger partial charge in [-0.05, 0) is 41.5 Å². The average molecular weight is 384 g/mol. The molecule has 2 atom stereocenters. The molecule has 0 aliphatic carbocycles. The normalized spacial score (nSPS) is 17.7. The Morgan fingerprint density at radius 2 is 1.86 bits per heavy atom. The van der Waals surface area contributed by atoms with Crippen LogP contribution < -0.4 is 9.47 Å². The van der Waals surface area contributed by atoms with E-state index < -0.39 is 24.0 Å². The summed E-state index contributed by atoms with van der Waals surface area (Å²) in [7, 11) is 4.06. The van der Waals surface area contributed by atoms with Crippen molar-refractivity contribution in [2.75, 3.05) is 21.3 Å². The van der Waals surface area contributed by atoms with E-state index in [9.17, 15) is 14.7 Å². The summed E-state index contributed by atoms with van der Waals surface area (Å²) in [6.45, 7) is 0. The number of hydrogen-bond acceptors (Lipinski definition) is 7. The van der Waals surface area contributed by atoms with E-state index in [1.54, 1.807) is 36.4 Å². The van der Waals surface area contributed by atoms with Gasteiger partial charge in [-0.1, -0.05) is 12.1 Å². The van der Waals surface area contributed by atoms with Crippen LogP contribution in [0.4, 0.5) is 0 Å². The van der Waals surface area contributed by atoms with Crippen LogP contribution in [0.3, 0.4) is 0 Å². The van der Waals surface area contributed by atoms with Crippen molar-refractivity contribution in [3.05, 3.63) is 59.2 Å². The second-order valence-electron chi connectivity index (χ2n) is 6.12. The molecule has 1 heterocycles. The largest absolute Gasteiger partial charge is 0.504 e. The van der Waals surface area contributed by atoms with Crippen molar-refractivity contribution < 1.29 is 33.6 Å². The van der Waals surface area contributed by atoms with Gasteiger partial charge in [0.2, 0.25) is 0 Å². The molecule has 7 heteroatoms. The maximum atomic E-state index is 12.5. The molecule has 0 amide bonds. The van der Waals surface area contributed by atoms with Crippen molar-refractivity contribution in [1.29, 1.82) is 0 Å². The second-order valence-corrected chi connectivity index (χ2v) is 6.12. The van der Waals surface area contributed by atoms with Gasteiger partial charge in [-0.2, -0.15) is 0 Å². The van der Waals surface area contributed by atoms with Gasteiger partial charge in [-0.15, -0.1) is 0 Å². The van der Waals surface area contributed by atoms with Gasteiger partial charge in [-0.25, -0.2) is 4.79 Å². The van der Waals surface area contributed by atoms with Crippen LogP contribution in [-0.4, -0.2) is 38.4 Å². The molecule has 2 aromatic carbocycles. The summed E-state index contributed by atoms with van der Waals surface area (Å²) in [5.41, 5.74) is 2.02. The molecule has 1 aliphatic rings. The standard InChI is InChI=1S/C21H20O7/c1-25-17-11-13(6-7-15(17)22)20-19(21(24)27-3)14-10-12(4-8-16(14)28-20)5-9-18(23)26-2/h4-11,19-20,22H,1-3H3/b9-5+/t19-,20-/m0/s1. The summed E-state index contributed by atoms with van der Waals surface area (Å²) >= 11 is 0. The number of aromatic hydroxyl groups is 1. The van der Waals surface area contributed by atoms with Gasteiger partial charge < -0.3 is 24.1 Å². The summed E-state index contributed by atoms with van der Waals surface area (Å²) in [5.74, 6) is -0.822. The topological polar surface area (TPSA) is 91.3 Å². The Morgan fingerprint density at radius 1 is 1.07 bits per heavy atom. The lowest BCUT2D eigenvalue weighted by Gasteiger charge is -2.18. The molecule has 0 fully saturated rings. The maximum absolute atomic E-state index is 12.5. The van der Waals surface area contributed by atoms with Crippen molar-refractivity contribution in [2.45, 2.75) is 12.0 Å². The minimum Gasteiger partial charge on any atom is -0.504 e. The molecule has 0 saturated carbocycles. The van der Waals surface area contributed by atoms with Gasteiger partial charge >= 0.3 is 11.9 Å². The average Bonchev–Trinajstić information content (AvgIpc) is 3.10. The Kier molecular flexibility index (Phi) is 5.54. The first-order valence-electron chi connectivity index (χ1n) is 8.49. The third-order valence-corrected chi connectivity index (χ3v) is 4.53. The van der Waals surface area contributed by atoms with Gasteiger partial charge in [-0.3, -0.25) is 4.79 Å². The van der Waals surface area contributed by atoms with E-state index in [-0.39, 0.29) is 11.5 Å². The van der Waals surface area contributed by atoms with Crippen LogP contribution in [0.25, 0.3) is 6.08 Å². The molecule has 0 unspecified atom stereocenters. The summed E-state index contributed by atoms with van der Waals surface area (Å²) < 4.78 is 20.7. The zero-order chi connectivity index (χ0) is 20.3. The molecule has 1 N–H and O–H groups in total. The summed E-state index contributed by atoms with van der Waals surface area (Å²) in [4.78, 5) is 23.9. The fourth-order valence-corrected chi connectivity index (χ4v) is 3.13. The summed E-state index contributed by atoms with van der Waals surface area (Å²) in [5, 5.41) is 9.83. The van der Waals surface area contributed by atoms with Crippen LogP contribution >= 0.6 is 0 Å². The fraction of sp³-hybridized carbons (Fsp3) is 0.238. The number of phenolic OH excluding ortho intramolecular Hbond substituents is 1. The first kappa shape index (κ1) is 19.3. The van der Waals surface area contributed by atoms with E-state index in [1.165, 1.54) is 33.5 Å². The Labute approximate surface area is 162 Å². The number of hydrogen-bond donors (Lipinski definition) is 1. The number of phenols is 1. The quantitative estimate of drug-likeness (QED) is 0.626. The van der Waals surface area contributed by atoms with E-state index >= 15 is 0 Å². The molecule has 0 spiro atoms. The Balaban J connectivity index is 2.01.